The molecule has 0 aromatic heterocycles. The number of non-ortho nitro benzene ring substituents is 1. The summed E-state index contributed by atoms with van der Waals surface area (Å²) in [6.07, 6.45) is -0.285. The molecule has 2 aliphatic heterocycles. The molecule has 8 heteroatoms. The molecule has 0 amide bonds. The first-order chi connectivity index (χ1) is 12.5. The lowest BCUT2D eigenvalue weighted by Crippen LogP contribution is -2.42. The molecule has 1 N–H and O–H groups in total. The quantitative estimate of drug-likeness (QED) is 0.672. The fourth-order valence-electron chi connectivity index (χ4n) is 2.99. The van der Waals surface area contributed by atoms with E-state index in [-0.39, 0.29) is 12.1 Å². The average molecular weight is 353 g/mol. The first-order valence-electron chi connectivity index (χ1n) is 8.05. The van der Waals surface area contributed by atoms with E-state index in [0.717, 1.165) is 11.3 Å². The van der Waals surface area contributed by atoms with E-state index in [2.05, 4.69) is 10.3 Å². The SMILES string of the molecule is O=[N+]([O-])c1cccc(C2=NO[C@@](O)(C3CC(c4ccccc4)=NO3)C2)c1. The first-order valence-corrected chi connectivity index (χ1v) is 8.05. The van der Waals surface area contributed by atoms with Gasteiger partial charge in [0.05, 0.1) is 22.8 Å². The summed E-state index contributed by atoms with van der Waals surface area (Å²) in [6.45, 7) is 0. The Kier molecular flexibility index (Phi) is 3.89. The third kappa shape index (κ3) is 2.91. The standard InChI is InChI=1S/C18H15N3O5/c22-18(17-10-15(19-25-17)12-5-2-1-3-6-12)11-16(20-26-18)13-7-4-8-14(9-13)21(23)24/h1-9,17,22H,10-11H2/t17?,18-/m1/s1. The van der Waals surface area contributed by atoms with Gasteiger partial charge in [0.1, 0.15) is 0 Å². The van der Waals surface area contributed by atoms with Crippen molar-refractivity contribution in [2.45, 2.75) is 24.7 Å². The van der Waals surface area contributed by atoms with Crippen LogP contribution in [0.3, 0.4) is 0 Å². The second-order valence-electron chi connectivity index (χ2n) is 6.16. The van der Waals surface area contributed by atoms with Crippen LogP contribution in [0.4, 0.5) is 5.69 Å². The Balaban J connectivity index is 1.47. The molecule has 26 heavy (non-hydrogen) atoms. The molecule has 2 heterocycles. The van der Waals surface area contributed by atoms with Gasteiger partial charge in [0.2, 0.25) is 6.10 Å². The largest absolute Gasteiger partial charge is 0.385 e. The summed E-state index contributed by atoms with van der Waals surface area (Å²) >= 11 is 0. The summed E-state index contributed by atoms with van der Waals surface area (Å²) < 4.78 is 0. The Morgan fingerprint density at radius 2 is 1.85 bits per heavy atom. The van der Waals surface area contributed by atoms with Gasteiger partial charge in [-0.05, 0) is 5.56 Å². The summed E-state index contributed by atoms with van der Waals surface area (Å²) in [6, 6.07) is 15.6. The average Bonchev–Trinajstić information content (AvgIpc) is 3.31. The molecule has 2 aromatic rings. The topological polar surface area (TPSA) is 107 Å². The van der Waals surface area contributed by atoms with Crippen molar-refractivity contribution < 1.29 is 19.7 Å². The monoisotopic (exact) mass is 353 g/mol. The Hall–Kier alpha value is -3.26. The maximum absolute atomic E-state index is 10.9. The van der Waals surface area contributed by atoms with Crippen LogP contribution in [0, 0.1) is 10.1 Å². The summed E-state index contributed by atoms with van der Waals surface area (Å²) in [5, 5.41) is 29.7. The van der Waals surface area contributed by atoms with Gasteiger partial charge >= 0.3 is 0 Å². The van der Waals surface area contributed by atoms with E-state index in [1.165, 1.54) is 12.1 Å². The number of rotatable bonds is 4. The Morgan fingerprint density at radius 3 is 2.62 bits per heavy atom. The molecule has 2 atom stereocenters. The first kappa shape index (κ1) is 16.2. The highest BCUT2D eigenvalue weighted by Crippen LogP contribution is 2.34. The lowest BCUT2D eigenvalue weighted by Gasteiger charge is -2.24. The van der Waals surface area contributed by atoms with E-state index in [0.29, 0.717) is 17.7 Å². The molecule has 2 aromatic carbocycles. The fourth-order valence-corrected chi connectivity index (χ4v) is 2.99. The fraction of sp³-hybridized carbons (Fsp3) is 0.222. The van der Waals surface area contributed by atoms with Crippen molar-refractivity contribution in [3.8, 4) is 0 Å². The Morgan fingerprint density at radius 1 is 1.08 bits per heavy atom. The molecule has 0 aliphatic carbocycles. The van der Waals surface area contributed by atoms with Crippen molar-refractivity contribution in [1.29, 1.82) is 0 Å². The summed E-state index contributed by atoms with van der Waals surface area (Å²) in [4.78, 5) is 21.1. The van der Waals surface area contributed by atoms with Crippen molar-refractivity contribution in [2.75, 3.05) is 0 Å². The van der Waals surface area contributed by atoms with Gasteiger partial charge in [0.15, 0.2) is 0 Å². The number of aliphatic hydroxyl groups is 1. The highest BCUT2D eigenvalue weighted by molar-refractivity contribution is 6.03. The van der Waals surface area contributed by atoms with Crippen LogP contribution < -0.4 is 0 Å². The van der Waals surface area contributed by atoms with Crippen molar-refractivity contribution in [2.24, 2.45) is 10.3 Å². The minimum atomic E-state index is -1.67. The molecule has 0 saturated carbocycles. The predicted octanol–water partition coefficient (Wildman–Crippen LogP) is 2.60. The maximum atomic E-state index is 10.9. The number of benzene rings is 2. The van der Waals surface area contributed by atoms with Crippen LogP contribution in [0.5, 0.6) is 0 Å². The number of nitrogens with zero attached hydrogens (tertiary/aromatic N) is 3. The number of hydrogen-bond acceptors (Lipinski definition) is 7. The van der Waals surface area contributed by atoms with Gasteiger partial charge in [-0.1, -0.05) is 52.8 Å². The van der Waals surface area contributed by atoms with Crippen LogP contribution in [-0.2, 0) is 9.68 Å². The summed E-state index contributed by atoms with van der Waals surface area (Å²) in [5.41, 5.74) is 2.53. The molecule has 4 rings (SSSR count). The second-order valence-corrected chi connectivity index (χ2v) is 6.16. The van der Waals surface area contributed by atoms with Gasteiger partial charge < -0.3 is 14.8 Å². The van der Waals surface area contributed by atoms with Gasteiger partial charge in [-0.2, -0.15) is 0 Å². The number of hydrogen-bond donors (Lipinski definition) is 1. The molecule has 0 fully saturated rings. The second kappa shape index (κ2) is 6.23. The number of oxime groups is 2. The predicted molar refractivity (Wildman–Crippen MR) is 92.8 cm³/mol. The zero-order chi connectivity index (χ0) is 18.1. The maximum Gasteiger partial charge on any atom is 0.280 e. The normalized spacial score (nSPS) is 24.4. The third-order valence-corrected chi connectivity index (χ3v) is 4.40. The molecule has 1 unspecified atom stereocenters. The Bertz CT molecular complexity index is 912. The number of nitro benzene ring substituents is 1. The zero-order valence-electron chi connectivity index (χ0n) is 13.6. The molecule has 0 bridgehead atoms. The van der Waals surface area contributed by atoms with Crippen LogP contribution in [0.1, 0.15) is 24.0 Å². The van der Waals surface area contributed by atoms with Crippen LogP contribution in [0.2, 0.25) is 0 Å². The highest BCUT2D eigenvalue weighted by Gasteiger charge is 2.49. The smallest absolute Gasteiger partial charge is 0.280 e. The minimum Gasteiger partial charge on any atom is -0.385 e. The van der Waals surface area contributed by atoms with Gasteiger partial charge in [0, 0.05) is 24.1 Å². The van der Waals surface area contributed by atoms with Gasteiger partial charge in [-0.15, -0.1) is 0 Å². The number of nitro groups is 1. The van der Waals surface area contributed by atoms with Crippen molar-refractivity contribution in [3.63, 3.8) is 0 Å². The molecule has 8 nitrogen and oxygen atoms in total. The van der Waals surface area contributed by atoms with Crippen LogP contribution >= 0.6 is 0 Å². The molecular formula is C18H15N3O5. The lowest BCUT2D eigenvalue weighted by atomic mass is 9.95. The third-order valence-electron chi connectivity index (χ3n) is 4.40. The van der Waals surface area contributed by atoms with E-state index in [1.807, 2.05) is 30.3 Å². The zero-order valence-corrected chi connectivity index (χ0v) is 13.6. The minimum absolute atomic E-state index is 0.0487. The summed E-state index contributed by atoms with van der Waals surface area (Å²) in [7, 11) is 0. The van der Waals surface area contributed by atoms with Crippen LogP contribution in [-0.4, -0.2) is 33.3 Å². The lowest BCUT2D eigenvalue weighted by molar-refractivity contribution is -0.384. The van der Waals surface area contributed by atoms with Crippen molar-refractivity contribution in [1.82, 2.24) is 0 Å². The van der Waals surface area contributed by atoms with E-state index in [9.17, 15) is 15.2 Å². The van der Waals surface area contributed by atoms with Crippen LogP contribution in [0.25, 0.3) is 0 Å². The highest BCUT2D eigenvalue weighted by atomic mass is 16.8. The Labute approximate surface area is 148 Å². The van der Waals surface area contributed by atoms with Crippen molar-refractivity contribution >= 4 is 17.1 Å². The van der Waals surface area contributed by atoms with Crippen molar-refractivity contribution in [3.05, 3.63) is 75.8 Å². The molecular weight excluding hydrogens is 338 g/mol. The molecule has 0 saturated heterocycles. The van der Waals surface area contributed by atoms with Gasteiger partial charge in [-0.25, -0.2) is 0 Å². The molecule has 0 spiro atoms. The molecule has 132 valence electrons. The summed E-state index contributed by atoms with van der Waals surface area (Å²) in [5.74, 6) is -1.67. The van der Waals surface area contributed by atoms with E-state index >= 15 is 0 Å². The molecule has 0 radical (unpaired) electrons. The van der Waals surface area contributed by atoms with E-state index in [4.69, 9.17) is 9.68 Å². The van der Waals surface area contributed by atoms with Crippen LogP contribution in [0.15, 0.2) is 64.9 Å². The molecule has 2 aliphatic rings. The van der Waals surface area contributed by atoms with E-state index < -0.39 is 16.8 Å². The van der Waals surface area contributed by atoms with Gasteiger partial charge in [-0.3, -0.25) is 10.1 Å². The van der Waals surface area contributed by atoms with E-state index in [1.54, 1.807) is 12.1 Å². The van der Waals surface area contributed by atoms with Gasteiger partial charge in [0.25, 0.3) is 11.5 Å².